The van der Waals surface area contributed by atoms with Crippen LogP contribution in [-0.4, -0.2) is 29.8 Å². The molecular formula is C12H13F3N4. The molecule has 0 saturated carbocycles. The predicted molar refractivity (Wildman–Crippen MR) is 68.3 cm³/mol. The van der Waals surface area contributed by atoms with E-state index < -0.39 is 11.9 Å². The monoisotopic (exact) mass is 270 g/mol. The van der Waals surface area contributed by atoms with Gasteiger partial charge in [-0.25, -0.2) is 4.99 Å². The number of halogens is 3. The topological polar surface area (TPSA) is 63.6 Å². The van der Waals surface area contributed by atoms with E-state index in [0.717, 1.165) is 0 Å². The number of rotatable bonds is 3. The second-order valence-corrected chi connectivity index (χ2v) is 3.49. The normalized spacial score (nSPS) is 13.5. The molecule has 0 fully saturated rings. The third-order valence-electron chi connectivity index (χ3n) is 2.21. The average molecular weight is 270 g/mol. The molecule has 0 aliphatic carbocycles. The average Bonchev–Trinajstić information content (AvgIpc) is 2.39. The van der Waals surface area contributed by atoms with Crippen molar-refractivity contribution in [3.8, 4) is 0 Å². The molecule has 1 aromatic rings. The van der Waals surface area contributed by atoms with E-state index in [1.165, 1.54) is 13.2 Å². The van der Waals surface area contributed by atoms with Crippen LogP contribution in [0.2, 0.25) is 0 Å². The summed E-state index contributed by atoms with van der Waals surface area (Å²) in [5.74, 6) is -0.0664. The molecule has 1 aromatic heterocycles. The van der Waals surface area contributed by atoms with Gasteiger partial charge in [0.2, 0.25) is 0 Å². The third kappa shape index (κ3) is 3.99. The van der Waals surface area contributed by atoms with Crippen LogP contribution in [0, 0.1) is 0 Å². The zero-order chi connectivity index (χ0) is 14.5. The Morgan fingerprint density at radius 1 is 1.47 bits per heavy atom. The summed E-state index contributed by atoms with van der Waals surface area (Å²) in [7, 11) is 1.35. The smallest absolute Gasteiger partial charge is 0.325 e. The molecule has 1 rings (SSSR count). The minimum atomic E-state index is -4.57. The minimum Gasteiger partial charge on any atom is -0.325 e. The molecule has 0 atom stereocenters. The summed E-state index contributed by atoms with van der Waals surface area (Å²) in [6, 6.07) is 3.18. The van der Waals surface area contributed by atoms with Crippen LogP contribution < -0.4 is 5.73 Å². The van der Waals surface area contributed by atoms with Gasteiger partial charge < -0.3 is 5.73 Å². The van der Waals surface area contributed by atoms with Crippen molar-refractivity contribution < 1.29 is 13.2 Å². The number of pyridine rings is 1. The third-order valence-corrected chi connectivity index (χ3v) is 2.21. The summed E-state index contributed by atoms with van der Waals surface area (Å²) in [5, 5.41) is 0. The molecule has 7 heteroatoms. The number of aromatic nitrogens is 1. The van der Waals surface area contributed by atoms with Gasteiger partial charge >= 0.3 is 6.18 Å². The van der Waals surface area contributed by atoms with Crippen molar-refractivity contribution in [2.45, 2.75) is 12.7 Å². The van der Waals surface area contributed by atoms with Crippen LogP contribution in [0.25, 0.3) is 0 Å². The molecule has 1 heterocycles. The maximum Gasteiger partial charge on any atom is 0.433 e. The van der Waals surface area contributed by atoms with Crippen LogP contribution in [0.5, 0.6) is 0 Å². The number of hydrogen-bond donors (Lipinski definition) is 1. The minimum absolute atomic E-state index is 0.0664. The molecule has 0 amide bonds. The van der Waals surface area contributed by atoms with E-state index in [1.54, 1.807) is 12.1 Å². The SMILES string of the molecule is C=C/C(=N\C(=N/C)c1ccc(CN)nc1)C(F)(F)F. The van der Waals surface area contributed by atoms with Crippen molar-refractivity contribution in [1.29, 1.82) is 0 Å². The van der Waals surface area contributed by atoms with Crippen LogP contribution in [0.3, 0.4) is 0 Å². The Kier molecular flexibility index (Phi) is 4.94. The zero-order valence-electron chi connectivity index (χ0n) is 10.3. The van der Waals surface area contributed by atoms with E-state index in [0.29, 0.717) is 17.3 Å². The Hall–Kier alpha value is -2.02. The lowest BCUT2D eigenvalue weighted by Gasteiger charge is -2.07. The molecule has 4 nitrogen and oxygen atoms in total. The molecule has 102 valence electrons. The Morgan fingerprint density at radius 3 is 2.53 bits per heavy atom. The van der Waals surface area contributed by atoms with Gasteiger partial charge in [-0.05, 0) is 18.2 Å². The zero-order valence-corrected chi connectivity index (χ0v) is 10.3. The van der Waals surface area contributed by atoms with Crippen LogP contribution in [0.15, 0.2) is 41.0 Å². The highest BCUT2D eigenvalue weighted by Gasteiger charge is 2.33. The van der Waals surface area contributed by atoms with Gasteiger partial charge in [-0.15, -0.1) is 0 Å². The fourth-order valence-corrected chi connectivity index (χ4v) is 1.26. The maximum absolute atomic E-state index is 12.6. The first kappa shape index (κ1) is 15.0. The first-order valence-electron chi connectivity index (χ1n) is 5.32. The van der Waals surface area contributed by atoms with Crippen LogP contribution in [0.4, 0.5) is 13.2 Å². The maximum atomic E-state index is 12.6. The highest BCUT2D eigenvalue weighted by molar-refractivity contribution is 6.11. The largest absolute Gasteiger partial charge is 0.433 e. The standard InChI is InChI=1S/C12H13F3N4/c1-3-10(12(13,14)15)19-11(17-2)8-4-5-9(6-16)18-7-8/h3-5,7H,1,6,16H2,2H3/b17-11-,19-10+. The predicted octanol–water partition coefficient (Wildman–Crippen LogP) is 2.11. The first-order chi connectivity index (χ1) is 8.92. The Bertz CT molecular complexity index is 501. The highest BCUT2D eigenvalue weighted by Crippen LogP contribution is 2.19. The van der Waals surface area contributed by atoms with Gasteiger partial charge in [-0.3, -0.25) is 9.98 Å². The van der Waals surface area contributed by atoms with Gasteiger partial charge in [0.1, 0.15) is 5.71 Å². The quantitative estimate of drug-likeness (QED) is 0.675. The van der Waals surface area contributed by atoms with E-state index in [-0.39, 0.29) is 12.4 Å². The fraction of sp³-hybridized carbons (Fsp3) is 0.250. The number of alkyl halides is 3. The molecule has 19 heavy (non-hydrogen) atoms. The van der Waals surface area contributed by atoms with E-state index in [9.17, 15) is 13.2 Å². The molecule has 0 radical (unpaired) electrons. The second kappa shape index (κ2) is 6.24. The Labute approximate surface area is 108 Å². The van der Waals surface area contributed by atoms with E-state index in [2.05, 4.69) is 21.5 Å². The molecule has 0 spiro atoms. The Balaban J connectivity index is 3.14. The summed E-state index contributed by atoms with van der Waals surface area (Å²) in [5.41, 5.74) is 5.29. The van der Waals surface area contributed by atoms with Crippen molar-refractivity contribution >= 4 is 11.5 Å². The summed E-state index contributed by atoms with van der Waals surface area (Å²) < 4.78 is 37.7. The van der Waals surface area contributed by atoms with Gasteiger partial charge in [0.25, 0.3) is 0 Å². The summed E-state index contributed by atoms with van der Waals surface area (Å²) in [6.45, 7) is 3.35. The fourth-order valence-electron chi connectivity index (χ4n) is 1.26. The van der Waals surface area contributed by atoms with Crippen molar-refractivity contribution in [2.24, 2.45) is 15.7 Å². The molecule has 0 bridgehead atoms. The van der Waals surface area contributed by atoms with Gasteiger partial charge in [-0.1, -0.05) is 6.58 Å². The number of allylic oxidation sites excluding steroid dienone is 1. The molecule has 0 aliphatic heterocycles. The van der Waals surface area contributed by atoms with E-state index in [1.807, 2.05) is 0 Å². The van der Waals surface area contributed by atoms with Crippen molar-refractivity contribution in [3.63, 3.8) is 0 Å². The van der Waals surface area contributed by atoms with E-state index in [4.69, 9.17) is 5.73 Å². The van der Waals surface area contributed by atoms with Crippen LogP contribution in [0.1, 0.15) is 11.3 Å². The lowest BCUT2D eigenvalue weighted by molar-refractivity contribution is -0.0575. The number of amidine groups is 1. The van der Waals surface area contributed by atoms with Crippen molar-refractivity contribution in [2.75, 3.05) is 7.05 Å². The number of nitrogens with zero attached hydrogens (tertiary/aromatic N) is 3. The Morgan fingerprint density at radius 2 is 2.16 bits per heavy atom. The van der Waals surface area contributed by atoms with E-state index >= 15 is 0 Å². The lowest BCUT2D eigenvalue weighted by atomic mass is 10.2. The number of nitrogens with two attached hydrogens (primary N) is 1. The van der Waals surface area contributed by atoms with Gasteiger partial charge in [-0.2, -0.15) is 13.2 Å². The van der Waals surface area contributed by atoms with Gasteiger partial charge in [0, 0.05) is 25.4 Å². The molecular weight excluding hydrogens is 257 g/mol. The molecule has 2 N–H and O–H groups in total. The van der Waals surface area contributed by atoms with Crippen molar-refractivity contribution in [1.82, 2.24) is 4.98 Å². The van der Waals surface area contributed by atoms with Gasteiger partial charge in [0.05, 0.1) is 5.69 Å². The molecule has 0 saturated heterocycles. The second-order valence-electron chi connectivity index (χ2n) is 3.49. The summed E-state index contributed by atoms with van der Waals surface area (Å²) in [6.07, 6.45) is -2.54. The van der Waals surface area contributed by atoms with Crippen LogP contribution in [-0.2, 0) is 6.54 Å². The van der Waals surface area contributed by atoms with Crippen molar-refractivity contribution in [3.05, 3.63) is 42.2 Å². The summed E-state index contributed by atoms with van der Waals surface area (Å²) >= 11 is 0. The first-order valence-corrected chi connectivity index (χ1v) is 5.32. The highest BCUT2D eigenvalue weighted by atomic mass is 19.4. The molecule has 0 aliphatic rings. The van der Waals surface area contributed by atoms with Crippen LogP contribution >= 0.6 is 0 Å². The van der Waals surface area contributed by atoms with Gasteiger partial charge in [0.15, 0.2) is 5.84 Å². The number of aliphatic imine (C=N–C) groups is 2. The number of hydrogen-bond acceptors (Lipinski definition) is 3. The summed E-state index contributed by atoms with van der Waals surface area (Å²) in [4.78, 5) is 11.2. The molecule has 0 aromatic carbocycles. The lowest BCUT2D eigenvalue weighted by Crippen LogP contribution is -2.22. The molecule has 0 unspecified atom stereocenters.